The SMILES string of the molecule is COc1cc(CC2(O)CC2)ccc1O. The summed E-state index contributed by atoms with van der Waals surface area (Å²) in [4.78, 5) is 0. The summed E-state index contributed by atoms with van der Waals surface area (Å²) >= 11 is 0. The molecule has 0 spiro atoms. The van der Waals surface area contributed by atoms with Crippen LogP contribution >= 0.6 is 0 Å². The Bertz CT molecular complexity index is 342. The summed E-state index contributed by atoms with van der Waals surface area (Å²) in [5.41, 5.74) is 0.502. The summed E-state index contributed by atoms with van der Waals surface area (Å²) in [6.07, 6.45) is 2.38. The Kier molecular flexibility index (Phi) is 2.11. The minimum atomic E-state index is -0.498. The van der Waals surface area contributed by atoms with Crippen molar-refractivity contribution in [2.75, 3.05) is 7.11 Å². The molecule has 1 aliphatic rings. The summed E-state index contributed by atoms with van der Waals surface area (Å²) < 4.78 is 4.99. The van der Waals surface area contributed by atoms with Crippen molar-refractivity contribution in [3.8, 4) is 11.5 Å². The van der Waals surface area contributed by atoms with Gasteiger partial charge >= 0.3 is 0 Å². The number of phenolic OH excluding ortho intramolecular Hbond substituents is 1. The first-order valence-corrected chi connectivity index (χ1v) is 4.71. The van der Waals surface area contributed by atoms with E-state index in [0.717, 1.165) is 18.4 Å². The zero-order chi connectivity index (χ0) is 10.2. The largest absolute Gasteiger partial charge is 0.504 e. The predicted octanol–water partition coefficient (Wildman–Crippen LogP) is 1.47. The van der Waals surface area contributed by atoms with Crippen molar-refractivity contribution in [3.63, 3.8) is 0 Å². The third kappa shape index (κ3) is 1.82. The molecule has 1 aliphatic carbocycles. The van der Waals surface area contributed by atoms with Crippen molar-refractivity contribution in [2.45, 2.75) is 24.9 Å². The first-order chi connectivity index (χ1) is 6.63. The summed E-state index contributed by atoms with van der Waals surface area (Å²) in [5.74, 6) is 0.603. The molecule has 0 unspecified atom stereocenters. The minimum absolute atomic E-state index is 0.138. The molecule has 3 heteroatoms. The van der Waals surface area contributed by atoms with E-state index in [4.69, 9.17) is 4.74 Å². The van der Waals surface area contributed by atoms with Crippen LogP contribution in [0.15, 0.2) is 18.2 Å². The molecular weight excluding hydrogens is 180 g/mol. The van der Waals surface area contributed by atoms with E-state index in [1.165, 1.54) is 7.11 Å². The summed E-state index contributed by atoms with van der Waals surface area (Å²) in [5, 5.41) is 19.1. The highest BCUT2D eigenvalue weighted by atomic mass is 16.5. The van der Waals surface area contributed by atoms with Crippen LogP contribution in [0.1, 0.15) is 18.4 Å². The van der Waals surface area contributed by atoms with Gasteiger partial charge in [0.1, 0.15) is 0 Å². The lowest BCUT2D eigenvalue weighted by Crippen LogP contribution is -2.10. The molecule has 1 fully saturated rings. The quantitative estimate of drug-likeness (QED) is 0.766. The number of aliphatic hydroxyl groups is 1. The first-order valence-electron chi connectivity index (χ1n) is 4.71. The highest BCUT2D eigenvalue weighted by molar-refractivity contribution is 5.42. The van der Waals surface area contributed by atoms with E-state index in [2.05, 4.69) is 0 Å². The average molecular weight is 194 g/mol. The van der Waals surface area contributed by atoms with Crippen LogP contribution in [0.3, 0.4) is 0 Å². The first kappa shape index (κ1) is 9.34. The maximum atomic E-state index is 9.71. The number of ether oxygens (including phenoxy) is 1. The molecule has 76 valence electrons. The molecule has 0 saturated heterocycles. The molecule has 0 aromatic heterocycles. The maximum Gasteiger partial charge on any atom is 0.160 e. The van der Waals surface area contributed by atoms with Gasteiger partial charge in [-0.3, -0.25) is 0 Å². The zero-order valence-corrected chi connectivity index (χ0v) is 8.16. The Balaban J connectivity index is 2.18. The standard InChI is InChI=1S/C11H14O3/c1-14-10-6-8(2-3-9(10)12)7-11(13)4-5-11/h2-3,6,12-13H,4-5,7H2,1H3. The van der Waals surface area contributed by atoms with Crippen molar-refractivity contribution in [2.24, 2.45) is 0 Å². The van der Waals surface area contributed by atoms with Gasteiger partial charge in [-0.05, 0) is 30.5 Å². The van der Waals surface area contributed by atoms with Gasteiger partial charge in [0.25, 0.3) is 0 Å². The molecule has 1 aromatic rings. The topological polar surface area (TPSA) is 49.7 Å². The smallest absolute Gasteiger partial charge is 0.160 e. The molecule has 0 heterocycles. The number of rotatable bonds is 3. The second-order valence-corrected chi connectivity index (χ2v) is 3.91. The van der Waals surface area contributed by atoms with Crippen LogP contribution in [0, 0.1) is 0 Å². The molecule has 0 amide bonds. The van der Waals surface area contributed by atoms with Gasteiger partial charge in [0.05, 0.1) is 12.7 Å². The fourth-order valence-electron chi connectivity index (χ4n) is 1.53. The molecule has 0 radical (unpaired) electrons. The number of aromatic hydroxyl groups is 1. The van der Waals surface area contributed by atoms with Crippen LogP contribution < -0.4 is 4.74 Å². The second-order valence-electron chi connectivity index (χ2n) is 3.91. The van der Waals surface area contributed by atoms with Crippen LogP contribution in [-0.4, -0.2) is 22.9 Å². The summed E-state index contributed by atoms with van der Waals surface area (Å²) in [6.45, 7) is 0. The summed E-state index contributed by atoms with van der Waals surface area (Å²) in [7, 11) is 1.52. The average Bonchev–Trinajstić information content (AvgIpc) is 2.87. The minimum Gasteiger partial charge on any atom is -0.504 e. The Morgan fingerprint density at radius 3 is 2.71 bits per heavy atom. The fraction of sp³-hybridized carbons (Fsp3) is 0.455. The second kappa shape index (κ2) is 3.17. The molecule has 3 nitrogen and oxygen atoms in total. The highest BCUT2D eigenvalue weighted by Crippen LogP contribution is 2.39. The van der Waals surface area contributed by atoms with Crippen LogP contribution in [0.2, 0.25) is 0 Å². The Labute approximate surface area is 83.0 Å². The highest BCUT2D eigenvalue weighted by Gasteiger charge is 2.40. The van der Waals surface area contributed by atoms with Crippen molar-refractivity contribution < 1.29 is 14.9 Å². The van der Waals surface area contributed by atoms with Crippen LogP contribution in [-0.2, 0) is 6.42 Å². The third-order valence-corrected chi connectivity index (χ3v) is 2.60. The van der Waals surface area contributed by atoms with Gasteiger partial charge in [-0.25, -0.2) is 0 Å². The van der Waals surface area contributed by atoms with Gasteiger partial charge in [-0.2, -0.15) is 0 Å². The van der Waals surface area contributed by atoms with E-state index < -0.39 is 5.60 Å². The third-order valence-electron chi connectivity index (χ3n) is 2.60. The number of benzene rings is 1. The van der Waals surface area contributed by atoms with Crippen molar-refractivity contribution in [1.29, 1.82) is 0 Å². The molecule has 1 saturated carbocycles. The zero-order valence-electron chi connectivity index (χ0n) is 8.16. The normalized spacial score (nSPS) is 17.9. The van der Waals surface area contributed by atoms with Crippen molar-refractivity contribution in [3.05, 3.63) is 23.8 Å². The van der Waals surface area contributed by atoms with E-state index in [1.54, 1.807) is 12.1 Å². The van der Waals surface area contributed by atoms with Gasteiger partial charge in [0, 0.05) is 6.42 Å². The monoisotopic (exact) mass is 194 g/mol. The number of hydrogen-bond donors (Lipinski definition) is 2. The molecule has 0 aliphatic heterocycles. The molecule has 0 atom stereocenters. The van der Waals surface area contributed by atoms with E-state index in [0.29, 0.717) is 12.2 Å². The van der Waals surface area contributed by atoms with E-state index in [1.807, 2.05) is 6.07 Å². The summed E-state index contributed by atoms with van der Waals surface area (Å²) in [6, 6.07) is 5.18. The molecule has 2 N–H and O–H groups in total. The maximum absolute atomic E-state index is 9.71. The predicted molar refractivity (Wildman–Crippen MR) is 52.5 cm³/mol. The lowest BCUT2D eigenvalue weighted by molar-refractivity contribution is 0.151. The number of methoxy groups -OCH3 is 1. The molecule has 0 bridgehead atoms. The van der Waals surface area contributed by atoms with Crippen LogP contribution in [0.4, 0.5) is 0 Å². The Morgan fingerprint density at radius 2 is 2.14 bits per heavy atom. The molecule has 2 rings (SSSR count). The molecule has 14 heavy (non-hydrogen) atoms. The fourth-order valence-corrected chi connectivity index (χ4v) is 1.53. The van der Waals surface area contributed by atoms with Crippen LogP contribution in [0.25, 0.3) is 0 Å². The van der Waals surface area contributed by atoms with Crippen molar-refractivity contribution in [1.82, 2.24) is 0 Å². The Hall–Kier alpha value is -1.22. The van der Waals surface area contributed by atoms with Crippen LogP contribution in [0.5, 0.6) is 11.5 Å². The number of phenols is 1. The molecule has 1 aromatic carbocycles. The lowest BCUT2D eigenvalue weighted by Gasteiger charge is -2.09. The van der Waals surface area contributed by atoms with E-state index in [9.17, 15) is 10.2 Å². The lowest BCUT2D eigenvalue weighted by atomic mass is 10.1. The van der Waals surface area contributed by atoms with E-state index in [-0.39, 0.29) is 5.75 Å². The van der Waals surface area contributed by atoms with Gasteiger partial charge in [-0.1, -0.05) is 6.07 Å². The van der Waals surface area contributed by atoms with Gasteiger partial charge < -0.3 is 14.9 Å². The van der Waals surface area contributed by atoms with Gasteiger partial charge in [0.2, 0.25) is 0 Å². The van der Waals surface area contributed by atoms with Gasteiger partial charge in [0.15, 0.2) is 11.5 Å². The van der Waals surface area contributed by atoms with Gasteiger partial charge in [-0.15, -0.1) is 0 Å². The van der Waals surface area contributed by atoms with E-state index >= 15 is 0 Å². The van der Waals surface area contributed by atoms with Crippen molar-refractivity contribution >= 4 is 0 Å². The molecular formula is C11H14O3. The number of hydrogen-bond acceptors (Lipinski definition) is 3. The Morgan fingerprint density at radius 1 is 1.43 bits per heavy atom.